The Morgan fingerprint density at radius 2 is 2.07 bits per heavy atom. The minimum Gasteiger partial charge on any atom is -0.481 e. The van der Waals surface area contributed by atoms with Crippen molar-refractivity contribution in [2.75, 3.05) is 7.11 Å². The highest BCUT2D eigenvalue weighted by atomic mass is 79.9. The second-order valence-electron chi connectivity index (χ2n) is 3.50. The fourth-order valence-electron chi connectivity index (χ4n) is 1.15. The summed E-state index contributed by atoms with van der Waals surface area (Å²) >= 11 is 3.39. The van der Waals surface area contributed by atoms with Gasteiger partial charge in [0.25, 0.3) is 0 Å². The van der Waals surface area contributed by atoms with Crippen LogP contribution in [0.4, 0.5) is 0 Å². The Bertz CT molecular complexity index is 315. The summed E-state index contributed by atoms with van der Waals surface area (Å²) in [5.41, 5.74) is 7.03. The van der Waals surface area contributed by atoms with Gasteiger partial charge in [-0.05, 0) is 27.9 Å². The van der Waals surface area contributed by atoms with E-state index in [0.717, 1.165) is 10.2 Å². The molecule has 1 aromatic heterocycles. The molecule has 78 valence electrons. The number of hydrogen-bond donors (Lipinski definition) is 1. The van der Waals surface area contributed by atoms with E-state index in [4.69, 9.17) is 10.5 Å². The molecular formula is C10H15BrN2O. The van der Waals surface area contributed by atoms with Crippen LogP contribution in [0.2, 0.25) is 0 Å². The van der Waals surface area contributed by atoms with Crippen LogP contribution in [0.5, 0.6) is 5.88 Å². The van der Waals surface area contributed by atoms with Crippen molar-refractivity contribution in [1.82, 2.24) is 4.98 Å². The number of methoxy groups -OCH3 is 1. The molecule has 0 aliphatic heterocycles. The molecule has 0 aliphatic rings. The fraction of sp³-hybridized carbons (Fsp3) is 0.500. The van der Waals surface area contributed by atoms with Gasteiger partial charge in [0.1, 0.15) is 4.60 Å². The lowest BCUT2D eigenvalue weighted by Crippen LogP contribution is -2.17. The lowest BCUT2D eigenvalue weighted by molar-refractivity contribution is 0.395. The van der Waals surface area contributed by atoms with Gasteiger partial charge in [-0.1, -0.05) is 13.8 Å². The lowest BCUT2D eigenvalue weighted by atomic mass is 9.99. The minimum absolute atomic E-state index is 0.00258. The monoisotopic (exact) mass is 258 g/mol. The number of nitrogens with two attached hydrogens (primary N) is 1. The van der Waals surface area contributed by atoms with E-state index in [0.29, 0.717) is 11.8 Å². The molecule has 0 radical (unpaired) electrons. The van der Waals surface area contributed by atoms with Crippen LogP contribution in [0.1, 0.15) is 25.5 Å². The second-order valence-corrected chi connectivity index (χ2v) is 4.25. The van der Waals surface area contributed by atoms with Crippen LogP contribution in [-0.2, 0) is 0 Å². The first-order chi connectivity index (χ1) is 6.56. The van der Waals surface area contributed by atoms with Gasteiger partial charge in [-0.2, -0.15) is 0 Å². The van der Waals surface area contributed by atoms with Crippen molar-refractivity contribution in [3.63, 3.8) is 0 Å². The van der Waals surface area contributed by atoms with Crippen LogP contribution in [0.25, 0.3) is 0 Å². The van der Waals surface area contributed by atoms with Crippen molar-refractivity contribution >= 4 is 15.9 Å². The molecule has 0 aromatic carbocycles. The summed E-state index contributed by atoms with van der Waals surface area (Å²) < 4.78 is 5.77. The molecule has 0 aliphatic carbocycles. The third kappa shape index (κ3) is 2.45. The molecule has 1 unspecified atom stereocenters. The predicted molar refractivity (Wildman–Crippen MR) is 60.3 cm³/mol. The molecule has 1 rings (SSSR count). The molecule has 1 heterocycles. The first kappa shape index (κ1) is 11.5. The van der Waals surface area contributed by atoms with Crippen molar-refractivity contribution in [1.29, 1.82) is 0 Å². The Balaban J connectivity index is 2.99. The highest BCUT2D eigenvalue weighted by Gasteiger charge is 2.14. The van der Waals surface area contributed by atoms with Crippen LogP contribution in [0.15, 0.2) is 16.7 Å². The predicted octanol–water partition coefficient (Wildman–Crippen LogP) is 2.51. The van der Waals surface area contributed by atoms with Gasteiger partial charge >= 0.3 is 0 Å². The Labute approximate surface area is 92.8 Å². The number of nitrogens with zero attached hydrogens (tertiary/aromatic N) is 1. The van der Waals surface area contributed by atoms with Crippen molar-refractivity contribution in [3.05, 3.63) is 22.3 Å². The SMILES string of the molecule is COc1ccc(C(N)C(C)C)c(Br)n1. The van der Waals surface area contributed by atoms with E-state index in [1.165, 1.54) is 0 Å². The van der Waals surface area contributed by atoms with E-state index < -0.39 is 0 Å². The number of ether oxygens (including phenoxy) is 1. The normalized spacial score (nSPS) is 13.0. The maximum absolute atomic E-state index is 6.02. The van der Waals surface area contributed by atoms with Crippen LogP contribution in [0.3, 0.4) is 0 Å². The van der Waals surface area contributed by atoms with Gasteiger partial charge in [-0.3, -0.25) is 0 Å². The molecule has 14 heavy (non-hydrogen) atoms. The molecule has 0 amide bonds. The van der Waals surface area contributed by atoms with Crippen molar-refractivity contribution < 1.29 is 4.74 Å². The lowest BCUT2D eigenvalue weighted by Gasteiger charge is -2.17. The van der Waals surface area contributed by atoms with Gasteiger partial charge in [0.15, 0.2) is 0 Å². The minimum atomic E-state index is 0.00258. The van der Waals surface area contributed by atoms with Gasteiger partial charge in [0.05, 0.1) is 7.11 Å². The van der Waals surface area contributed by atoms with Crippen molar-refractivity contribution in [2.45, 2.75) is 19.9 Å². The zero-order valence-corrected chi connectivity index (χ0v) is 10.2. The van der Waals surface area contributed by atoms with Gasteiger partial charge in [0, 0.05) is 17.7 Å². The average Bonchev–Trinajstić information content (AvgIpc) is 2.16. The van der Waals surface area contributed by atoms with Crippen molar-refractivity contribution in [3.8, 4) is 5.88 Å². The molecule has 0 saturated heterocycles. The topological polar surface area (TPSA) is 48.1 Å². The highest BCUT2D eigenvalue weighted by molar-refractivity contribution is 9.10. The third-order valence-electron chi connectivity index (χ3n) is 2.14. The molecule has 2 N–H and O–H groups in total. The molecule has 0 fully saturated rings. The van der Waals surface area contributed by atoms with Gasteiger partial charge in [0.2, 0.25) is 5.88 Å². The van der Waals surface area contributed by atoms with E-state index in [-0.39, 0.29) is 6.04 Å². The second kappa shape index (κ2) is 4.75. The van der Waals surface area contributed by atoms with Crippen LogP contribution < -0.4 is 10.5 Å². The summed E-state index contributed by atoms with van der Waals surface area (Å²) in [4.78, 5) is 4.21. The summed E-state index contributed by atoms with van der Waals surface area (Å²) in [5, 5.41) is 0. The summed E-state index contributed by atoms with van der Waals surface area (Å²) in [7, 11) is 1.59. The van der Waals surface area contributed by atoms with E-state index in [1.54, 1.807) is 7.11 Å². The van der Waals surface area contributed by atoms with E-state index in [2.05, 4.69) is 34.8 Å². The number of rotatable bonds is 3. The number of hydrogen-bond acceptors (Lipinski definition) is 3. The van der Waals surface area contributed by atoms with Crippen LogP contribution in [-0.4, -0.2) is 12.1 Å². The zero-order valence-electron chi connectivity index (χ0n) is 8.62. The average molecular weight is 259 g/mol. The first-order valence-corrected chi connectivity index (χ1v) is 5.31. The van der Waals surface area contributed by atoms with Crippen LogP contribution >= 0.6 is 15.9 Å². The molecule has 0 spiro atoms. The molecule has 4 heteroatoms. The summed E-state index contributed by atoms with van der Waals surface area (Å²) in [6.07, 6.45) is 0. The standard InChI is InChI=1S/C10H15BrN2O/c1-6(2)9(12)7-4-5-8(14-3)13-10(7)11/h4-6,9H,12H2,1-3H3. The summed E-state index contributed by atoms with van der Waals surface area (Å²) in [5.74, 6) is 0.984. The Kier molecular flexibility index (Phi) is 3.89. The quantitative estimate of drug-likeness (QED) is 0.848. The number of halogens is 1. The number of aromatic nitrogens is 1. The third-order valence-corrected chi connectivity index (χ3v) is 2.77. The number of pyridine rings is 1. The zero-order chi connectivity index (χ0) is 10.7. The van der Waals surface area contributed by atoms with Gasteiger partial charge in [-0.25, -0.2) is 4.98 Å². The summed E-state index contributed by atoms with van der Waals surface area (Å²) in [6.45, 7) is 4.17. The van der Waals surface area contributed by atoms with Gasteiger partial charge in [-0.15, -0.1) is 0 Å². The smallest absolute Gasteiger partial charge is 0.214 e. The maximum Gasteiger partial charge on any atom is 0.214 e. The van der Waals surface area contributed by atoms with Gasteiger partial charge < -0.3 is 10.5 Å². The van der Waals surface area contributed by atoms with E-state index >= 15 is 0 Å². The molecule has 1 atom stereocenters. The molecule has 0 bridgehead atoms. The van der Waals surface area contributed by atoms with E-state index in [9.17, 15) is 0 Å². The highest BCUT2D eigenvalue weighted by Crippen LogP contribution is 2.26. The van der Waals surface area contributed by atoms with Crippen molar-refractivity contribution in [2.24, 2.45) is 11.7 Å². The largest absolute Gasteiger partial charge is 0.481 e. The Morgan fingerprint density at radius 3 is 2.50 bits per heavy atom. The first-order valence-electron chi connectivity index (χ1n) is 4.52. The Morgan fingerprint density at radius 1 is 1.43 bits per heavy atom. The summed E-state index contributed by atoms with van der Waals surface area (Å²) in [6, 6.07) is 3.77. The molecule has 0 saturated carbocycles. The van der Waals surface area contributed by atoms with Crippen LogP contribution in [0, 0.1) is 5.92 Å². The fourth-order valence-corrected chi connectivity index (χ4v) is 1.72. The molecule has 1 aromatic rings. The molecule has 3 nitrogen and oxygen atoms in total. The Hall–Kier alpha value is -0.610. The van der Waals surface area contributed by atoms with E-state index in [1.807, 2.05) is 12.1 Å². The maximum atomic E-state index is 6.02. The molecular weight excluding hydrogens is 244 g/mol.